The molecule has 0 fully saturated rings. The predicted molar refractivity (Wildman–Crippen MR) is 87.6 cm³/mol. The molecule has 2 aromatic rings. The quantitative estimate of drug-likeness (QED) is 0.676. The number of hydrogen-bond acceptors (Lipinski definition) is 3. The normalized spacial score (nSPS) is 12.3. The number of rotatable bonds is 5. The summed E-state index contributed by atoms with van der Waals surface area (Å²) in [6, 6.07) is 13.5. The molecule has 0 unspecified atom stereocenters. The maximum absolute atomic E-state index is 12.0. The highest BCUT2D eigenvalue weighted by Crippen LogP contribution is 2.19. The van der Waals surface area contributed by atoms with Crippen molar-refractivity contribution in [2.45, 2.75) is 26.4 Å². The van der Waals surface area contributed by atoms with Crippen molar-refractivity contribution in [2.75, 3.05) is 5.32 Å². The molecule has 0 saturated carbocycles. The van der Waals surface area contributed by atoms with Gasteiger partial charge in [0.15, 0.2) is 6.10 Å². The number of nitrogens with one attached hydrogen (secondary N) is 1. The number of anilines is 1. The number of esters is 1. The second kappa shape index (κ2) is 7.41. The molecule has 4 heteroatoms. The molecule has 2 rings (SSSR count). The Balaban J connectivity index is 2.00. The molecular weight excluding hydrogens is 278 g/mol. The maximum atomic E-state index is 12.0. The van der Waals surface area contributed by atoms with E-state index in [1.807, 2.05) is 49.4 Å². The Kier molecular flexibility index (Phi) is 5.31. The van der Waals surface area contributed by atoms with E-state index in [0.717, 1.165) is 17.2 Å². The van der Waals surface area contributed by atoms with Gasteiger partial charge in [0.05, 0.1) is 0 Å². The van der Waals surface area contributed by atoms with Gasteiger partial charge in [-0.3, -0.25) is 4.79 Å². The van der Waals surface area contributed by atoms with E-state index in [9.17, 15) is 9.59 Å². The first-order chi connectivity index (χ1) is 10.6. The summed E-state index contributed by atoms with van der Waals surface area (Å²) in [4.78, 5) is 23.5. The second-order valence-electron chi connectivity index (χ2n) is 4.94. The average Bonchev–Trinajstić information content (AvgIpc) is 2.52. The van der Waals surface area contributed by atoms with E-state index in [0.29, 0.717) is 5.69 Å². The largest absolute Gasteiger partial charge is 0.449 e. The molecule has 0 heterocycles. The van der Waals surface area contributed by atoms with E-state index in [1.165, 1.54) is 6.08 Å². The summed E-state index contributed by atoms with van der Waals surface area (Å²) in [6.07, 6.45) is 2.92. The van der Waals surface area contributed by atoms with Crippen LogP contribution in [-0.4, -0.2) is 18.0 Å². The molecular formula is C18H19NO3. The van der Waals surface area contributed by atoms with Gasteiger partial charge in [-0.05, 0) is 36.2 Å². The number of ether oxygens (including phenoxy) is 1. The molecule has 0 aliphatic heterocycles. The molecule has 0 saturated heterocycles. The number of carbonyl (C=O) groups excluding carboxylic acids is 2. The van der Waals surface area contributed by atoms with Crippen molar-refractivity contribution in [2.24, 2.45) is 0 Å². The Morgan fingerprint density at radius 3 is 2.64 bits per heavy atom. The van der Waals surface area contributed by atoms with Crippen LogP contribution in [0, 0.1) is 0 Å². The summed E-state index contributed by atoms with van der Waals surface area (Å²) >= 11 is 0. The molecule has 0 aliphatic rings. The summed E-state index contributed by atoms with van der Waals surface area (Å²) in [6.45, 7) is 3.47. The fourth-order valence-corrected chi connectivity index (χ4v) is 1.99. The van der Waals surface area contributed by atoms with Gasteiger partial charge in [0.1, 0.15) is 0 Å². The van der Waals surface area contributed by atoms with Crippen LogP contribution in [0.4, 0.5) is 5.69 Å². The fraction of sp³-hybridized carbons (Fsp3) is 0.222. The number of hydrogen-bond donors (Lipinski definition) is 1. The van der Waals surface area contributed by atoms with Crippen molar-refractivity contribution < 1.29 is 14.3 Å². The summed E-state index contributed by atoms with van der Waals surface area (Å²) < 4.78 is 5.04. The fourth-order valence-electron chi connectivity index (χ4n) is 1.99. The summed E-state index contributed by atoms with van der Waals surface area (Å²) in [5, 5.41) is 4.89. The standard InChI is InChI=1S/C18H19NO3/c1-3-4-9-17(20)22-13(2)18(21)19-16-11-10-14-7-5-6-8-15(14)12-16/h4-13H,3H2,1-2H3,(H,19,21)/b9-4+/t13-/m0/s1. The number of benzene rings is 2. The van der Waals surface area contributed by atoms with Gasteiger partial charge in [-0.1, -0.05) is 43.3 Å². The monoisotopic (exact) mass is 297 g/mol. The molecule has 0 aromatic heterocycles. The zero-order chi connectivity index (χ0) is 15.9. The van der Waals surface area contributed by atoms with E-state index < -0.39 is 12.1 Å². The van der Waals surface area contributed by atoms with Gasteiger partial charge in [-0.15, -0.1) is 0 Å². The number of carbonyl (C=O) groups is 2. The first-order valence-electron chi connectivity index (χ1n) is 7.27. The molecule has 0 spiro atoms. The summed E-state index contributed by atoms with van der Waals surface area (Å²) in [5.74, 6) is -0.864. The van der Waals surface area contributed by atoms with E-state index >= 15 is 0 Å². The highest BCUT2D eigenvalue weighted by atomic mass is 16.5. The Morgan fingerprint density at radius 1 is 1.18 bits per heavy atom. The first kappa shape index (κ1) is 15.8. The minimum atomic E-state index is -0.847. The molecule has 0 bridgehead atoms. The lowest BCUT2D eigenvalue weighted by Gasteiger charge is -2.12. The molecule has 22 heavy (non-hydrogen) atoms. The van der Waals surface area contributed by atoms with Crippen LogP contribution in [0.3, 0.4) is 0 Å². The number of fused-ring (bicyclic) bond motifs is 1. The minimum Gasteiger partial charge on any atom is -0.449 e. The molecule has 1 amide bonds. The Morgan fingerprint density at radius 2 is 1.91 bits per heavy atom. The highest BCUT2D eigenvalue weighted by Gasteiger charge is 2.16. The van der Waals surface area contributed by atoms with Crippen LogP contribution in [0.15, 0.2) is 54.6 Å². The van der Waals surface area contributed by atoms with Crippen LogP contribution in [-0.2, 0) is 14.3 Å². The Hall–Kier alpha value is -2.62. The van der Waals surface area contributed by atoms with Crippen molar-refractivity contribution in [1.82, 2.24) is 0 Å². The smallest absolute Gasteiger partial charge is 0.331 e. The predicted octanol–water partition coefficient (Wildman–Crippen LogP) is 3.68. The third kappa shape index (κ3) is 4.19. The molecule has 0 radical (unpaired) electrons. The van der Waals surface area contributed by atoms with Crippen LogP contribution >= 0.6 is 0 Å². The van der Waals surface area contributed by atoms with Gasteiger partial charge in [0.25, 0.3) is 5.91 Å². The zero-order valence-corrected chi connectivity index (χ0v) is 12.7. The number of allylic oxidation sites excluding steroid dienone is 1. The molecule has 1 N–H and O–H groups in total. The Labute approximate surface area is 129 Å². The molecule has 0 aliphatic carbocycles. The third-order valence-corrected chi connectivity index (χ3v) is 3.17. The van der Waals surface area contributed by atoms with Crippen molar-refractivity contribution in [1.29, 1.82) is 0 Å². The van der Waals surface area contributed by atoms with Crippen molar-refractivity contribution in [3.8, 4) is 0 Å². The lowest BCUT2D eigenvalue weighted by molar-refractivity contribution is -0.148. The van der Waals surface area contributed by atoms with Crippen LogP contribution in [0.1, 0.15) is 20.3 Å². The minimum absolute atomic E-state index is 0.353. The van der Waals surface area contributed by atoms with Gasteiger partial charge < -0.3 is 10.1 Å². The van der Waals surface area contributed by atoms with Crippen LogP contribution in [0.5, 0.6) is 0 Å². The first-order valence-corrected chi connectivity index (χ1v) is 7.27. The summed E-state index contributed by atoms with van der Waals surface area (Å²) in [5.41, 5.74) is 0.677. The van der Waals surface area contributed by atoms with Gasteiger partial charge in [0.2, 0.25) is 0 Å². The van der Waals surface area contributed by atoms with Crippen molar-refractivity contribution in [3.63, 3.8) is 0 Å². The average molecular weight is 297 g/mol. The van der Waals surface area contributed by atoms with Crippen LogP contribution < -0.4 is 5.32 Å². The molecule has 1 atom stereocenters. The van der Waals surface area contributed by atoms with Crippen molar-refractivity contribution in [3.05, 3.63) is 54.6 Å². The molecule has 4 nitrogen and oxygen atoms in total. The Bertz CT molecular complexity index is 706. The lowest BCUT2D eigenvalue weighted by Crippen LogP contribution is -2.29. The van der Waals surface area contributed by atoms with Gasteiger partial charge in [-0.25, -0.2) is 4.79 Å². The van der Waals surface area contributed by atoms with Crippen molar-refractivity contribution >= 4 is 28.3 Å². The van der Waals surface area contributed by atoms with E-state index in [-0.39, 0.29) is 5.91 Å². The van der Waals surface area contributed by atoms with Crippen LogP contribution in [0.25, 0.3) is 10.8 Å². The van der Waals surface area contributed by atoms with E-state index in [1.54, 1.807) is 13.0 Å². The summed E-state index contributed by atoms with van der Waals surface area (Å²) in [7, 11) is 0. The maximum Gasteiger partial charge on any atom is 0.331 e. The van der Waals surface area contributed by atoms with Gasteiger partial charge >= 0.3 is 5.97 Å². The van der Waals surface area contributed by atoms with E-state index in [2.05, 4.69) is 5.32 Å². The SMILES string of the molecule is CC/C=C/C(=O)O[C@@H](C)C(=O)Nc1ccc2ccccc2c1. The molecule has 2 aromatic carbocycles. The van der Waals surface area contributed by atoms with Crippen LogP contribution in [0.2, 0.25) is 0 Å². The molecule has 114 valence electrons. The topological polar surface area (TPSA) is 55.4 Å². The van der Waals surface area contributed by atoms with E-state index in [4.69, 9.17) is 4.74 Å². The third-order valence-electron chi connectivity index (χ3n) is 3.17. The second-order valence-corrected chi connectivity index (χ2v) is 4.94. The lowest BCUT2D eigenvalue weighted by atomic mass is 10.1. The van der Waals surface area contributed by atoms with Gasteiger partial charge in [0, 0.05) is 11.8 Å². The van der Waals surface area contributed by atoms with Gasteiger partial charge in [-0.2, -0.15) is 0 Å². The zero-order valence-electron chi connectivity index (χ0n) is 12.7. The number of amides is 1. The highest BCUT2D eigenvalue weighted by molar-refractivity contribution is 5.98.